The molecule has 0 heterocycles. The van der Waals surface area contributed by atoms with E-state index in [1.165, 1.54) is 7.11 Å². The molecule has 0 aliphatic rings. The quantitative estimate of drug-likeness (QED) is 0.649. The maximum atomic E-state index is 12.2. The van der Waals surface area contributed by atoms with Gasteiger partial charge in [0.15, 0.2) is 9.84 Å². The number of sulfone groups is 1. The molecule has 1 aromatic carbocycles. The molecule has 0 saturated carbocycles. The molecule has 0 radical (unpaired) electrons. The Morgan fingerprint density at radius 1 is 1.24 bits per heavy atom. The van der Waals surface area contributed by atoms with Gasteiger partial charge in [0.2, 0.25) is 0 Å². The highest BCUT2D eigenvalue weighted by Crippen LogP contribution is 2.16. The van der Waals surface area contributed by atoms with Crippen LogP contribution in [0.2, 0.25) is 0 Å². The average Bonchev–Trinajstić information content (AvgIpc) is 2.45. The minimum atomic E-state index is -3.27. The number of carbonyl (C=O) groups is 1. The fraction of sp³-hybridized carbons (Fsp3) is 0.500. The minimum Gasteiger partial charge on any atom is -0.469 e. The van der Waals surface area contributed by atoms with Crippen LogP contribution in [0.3, 0.4) is 0 Å². The largest absolute Gasteiger partial charge is 0.469 e. The molecule has 0 N–H and O–H groups in total. The summed E-state index contributed by atoms with van der Waals surface area (Å²) in [5, 5.41) is 0. The third-order valence-electron chi connectivity index (χ3n) is 3.06. The number of esters is 1. The number of ether oxygens (including phenoxy) is 1. The van der Waals surface area contributed by atoms with Gasteiger partial charge in [-0.25, -0.2) is 8.42 Å². The summed E-state index contributed by atoms with van der Waals surface area (Å²) in [6, 6.07) is 6.62. The maximum absolute atomic E-state index is 12.2. The second-order valence-corrected chi connectivity index (χ2v) is 7.78. The molecule has 0 amide bonds. The number of rotatable bonds is 8. The summed E-state index contributed by atoms with van der Waals surface area (Å²) < 4.78 is 29.7. The van der Waals surface area contributed by atoms with Crippen molar-refractivity contribution in [2.75, 3.05) is 33.0 Å². The molecule has 5 nitrogen and oxygen atoms in total. The Labute approximate surface area is 134 Å². The van der Waals surface area contributed by atoms with E-state index in [1.807, 2.05) is 11.9 Å². The first-order valence-corrected chi connectivity index (χ1v) is 9.03. The van der Waals surface area contributed by atoms with E-state index in [0.717, 1.165) is 4.47 Å². The normalized spacial score (nSPS) is 11.6. The number of carbonyl (C=O) groups excluding carboxylic acids is 1. The zero-order valence-electron chi connectivity index (χ0n) is 12.2. The fourth-order valence-electron chi connectivity index (χ4n) is 1.74. The topological polar surface area (TPSA) is 63.7 Å². The highest BCUT2D eigenvalue weighted by molar-refractivity contribution is 9.10. The molecule has 0 saturated heterocycles. The van der Waals surface area contributed by atoms with Crippen LogP contribution in [0.5, 0.6) is 0 Å². The van der Waals surface area contributed by atoms with E-state index in [-0.39, 0.29) is 11.7 Å². The second-order valence-electron chi connectivity index (χ2n) is 4.76. The van der Waals surface area contributed by atoms with Gasteiger partial charge in [-0.3, -0.25) is 4.79 Å². The SMILES string of the molecule is COC(=O)CCCN(C)CCS(=O)(=O)c1ccc(Br)cc1. The van der Waals surface area contributed by atoms with Crippen molar-refractivity contribution in [2.24, 2.45) is 0 Å². The summed E-state index contributed by atoms with van der Waals surface area (Å²) in [6.07, 6.45) is 1.00. The van der Waals surface area contributed by atoms with Crippen LogP contribution >= 0.6 is 15.9 Å². The van der Waals surface area contributed by atoms with Gasteiger partial charge < -0.3 is 9.64 Å². The molecule has 0 aliphatic carbocycles. The van der Waals surface area contributed by atoms with Crippen molar-refractivity contribution in [3.63, 3.8) is 0 Å². The minimum absolute atomic E-state index is 0.0589. The van der Waals surface area contributed by atoms with Crippen LogP contribution < -0.4 is 0 Å². The number of nitrogens with zero attached hydrogens (tertiary/aromatic N) is 1. The summed E-state index contributed by atoms with van der Waals surface area (Å²) in [5.74, 6) is -0.186. The zero-order valence-corrected chi connectivity index (χ0v) is 14.6. The summed E-state index contributed by atoms with van der Waals surface area (Å²) in [7, 11) is -0.0726. The predicted molar refractivity (Wildman–Crippen MR) is 84.9 cm³/mol. The van der Waals surface area contributed by atoms with Crippen LogP contribution in [0.15, 0.2) is 33.6 Å². The predicted octanol–water partition coefficient (Wildman–Crippen LogP) is 2.11. The van der Waals surface area contributed by atoms with Crippen molar-refractivity contribution >= 4 is 31.7 Å². The van der Waals surface area contributed by atoms with Crippen LogP contribution in [0.25, 0.3) is 0 Å². The molecular formula is C14H20BrNO4S. The molecule has 0 spiro atoms. The highest BCUT2D eigenvalue weighted by atomic mass is 79.9. The summed E-state index contributed by atoms with van der Waals surface area (Å²) in [5.41, 5.74) is 0. The van der Waals surface area contributed by atoms with E-state index < -0.39 is 9.84 Å². The molecule has 1 aromatic rings. The van der Waals surface area contributed by atoms with E-state index in [0.29, 0.717) is 30.8 Å². The van der Waals surface area contributed by atoms with Crippen molar-refractivity contribution < 1.29 is 17.9 Å². The van der Waals surface area contributed by atoms with Gasteiger partial charge in [-0.2, -0.15) is 0 Å². The van der Waals surface area contributed by atoms with Crippen molar-refractivity contribution in [3.05, 3.63) is 28.7 Å². The lowest BCUT2D eigenvalue weighted by Crippen LogP contribution is -2.27. The highest BCUT2D eigenvalue weighted by Gasteiger charge is 2.15. The Morgan fingerprint density at radius 3 is 2.43 bits per heavy atom. The van der Waals surface area contributed by atoms with Gasteiger partial charge in [-0.1, -0.05) is 15.9 Å². The summed E-state index contributed by atoms with van der Waals surface area (Å²) in [4.78, 5) is 13.2. The summed E-state index contributed by atoms with van der Waals surface area (Å²) in [6.45, 7) is 1.09. The first kappa shape index (κ1) is 18.1. The molecule has 21 heavy (non-hydrogen) atoms. The number of hydrogen-bond acceptors (Lipinski definition) is 5. The Balaban J connectivity index is 2.42. The van der Waals surface area contributed by atoms with Gasteiger partial charge in [-0.05, 0) is 44.3 Å². The molecule has 0 unspecified atom stereocenters. The lowest BCUT2D eigenvalue weighted by atomic mass is 10.3. The Hall–Kier alpha value is -0.920. The smallest absolute Gasteiger partial charge is 0.305 e. The van der Waals surface area contributed by atoms with E-state index in [9.17, 15) is 13.2 Å². The van der Waals surface area contributed by atoms with E-state index >= 15 is 0 Å². The van der Waals surface area contributed by atoms with E-state index in [4.69, 9.17) is 0 Å². The maximum Gasteiger partial charge on any atom is 0.305 e. The summed E-state index contributed by atoms with van der Waals surface area (Å²) >= 11 is 3.28. The molecule has 0 aromatic heterocycles. The Kier molecular flexibility index (Phi) is 7.34. The van der Waals surface area contributed by atoms with E-state index in [1.54, 1.807) is 24.3 Å². The van der Waals surface area contributed by atoms with Gasteiger partial charge in [0.05, 0.1) is 17.8 Å². The van der Waals surface area contributed by atoms with Gasteiger partial charge in [0.1, 0.15) is 0 Å². The van der Waals surface area contributed by atoms with Crippen molar-refractivity contribution in [3.8, 4) is 0 Å². The lowest BCUT2D eigenvalue weighted by molar-refractivity contribution is -0.140. The lowest BCUT2D eigenvalue weighted by Gasteiger charge is -2.16. The molecule has 1 rings (SSSR count). The number of halogens is 1. The molecule has 0 fully saturated rings. The Bertz CT molecular complexity index is 557. The zero-order chi connectivity index (χ0) is 15.9. The fourth-order valence-corrected chi connectivity index (χ4v) is 3.35. The second kappa shape index (κ2) is 8.51. The molecule has 0 aliphatic heterocycles. The third kappa shape index (κ3) is 6.58. The molecule has 118 valence electrons. The number of benzene rings is 1. The molecule has 7 heteroatoms. The van der Waals surface area contributed by atoms with Crippen LogP contribution in [-0.2, 0) is 19.4 Å². The Morgan fingerprint density at radius 2 is 1.86 bits per heavy atom. The van der Waals surface area contributed by atoms with Crippen molar-refractivity contribution in [1.29, 1.82) is 0 Å². The molecule has 0 atom stereocenters. The first-order valence-electron chi connectivity index (χ1n) is 6.59. The monoisotopic (exact) mass is 377 g/mol. The van der Waals surface area contributed by atoms with Gasteiger partial charge in [-0.15, -0.1) is 0 Å². The van der Waals surface area contributed by atoms with Gasteiger partial charge >= 0.3 is 5.97 Å². The van der Waals surface area contributed by atoms with Crippen LogP contribution in [-0.4, -0.2) is 52.3 Å². The van der Waals surface area contributed by atoms with Gasteiger partial charge in [0, 0.05) is 17.4 Å². The van der Waals surface area contributed by atoms with Crippen molar-refractivity contribution in [1.82, 2.24) is 4.90 Å². The first-order chi connectivity index (χ1) is 9.85. The standard InChI is InChI=1S/C14H20BrNO4S/c1-16(9-3-4-14(17)20-2)10-11-21(18,19)13-7-5-12(15)6-8-13/h5-8H,3-4,9-11H2,1-2H3. The number of hydrogen-bond donors (Lipinski definition) is 0. The van der Waals surface area contributed by atoms with Crippen LogP contribution in [0.1, 0.15) is 12.8 Å². The number of methoxy groups -OCH3 is 1. The van der Waals surface area contributed by atoms with Crippen molar-refractivity contribution in [2.45, 2.75) is 17.7 Å². The molecular weight excluding hydrogens is 358 g/mol. The van der Waals surface area contributed by atoms with Crippen LogP contribution in [0, 0.1) is 0 Å². The third-order valence-corrected chi connectivity index (χ3v) is 5.30. The average molecular weight is 378 g/mol. The molecule has 0 bridgehead atoms. The van der Waals surface area contributed by atoms with Crippen LogP contribution in [0.4, 0.5) is 0 Å². The van der Waals surface area contributed by atoms with Gasteiger partial charge in [0.25, 0.3) is 0 Å². The van der Waals surface area contributed by atoms with E-state index in [2.05, 4.69) is 20.7 Å².